The fourth-order valence-electron chi connectivity index (χ4n) is 2.65. The smallest absolute Gasteiger partial charge is 0.123 e. The first-order valence-electron chi connectivity index (χ1n) is 6.89. The molecular weight excluding hydrogens is 306 g/mol. The number of rotatable bonds is 6. The van der Waals surface area contributed by atoms with Crippen molar-refractivity contribution < 1.29 is 9.47 Å². The second-order valence-corrected chi connectivity index (χ2v) is 5.87. The fraction of sp³-hybridized carbons (Fsp3) is 0.600. The lowest BCUT2D eigenvalue weighted by Crippen LogP contribution is -2.28. The minimum atomic E-state index is 0.428. The molecule has 0 aliphatic carbocycles. The molecule has 1 aromatic carbocycles. The Hall–Kier alpha value is -0.580. The molecule has 1 aromatic rings. The summed E-state index contributed by atoms with van der Waals surface area (Å²) in [6, 6.07) is 6.10. The molecule has 2 rings (SSSR count). The van der Waals surface area contributed by atoms with E-state index < -0.39 is 0 Å². The molecule has 4 heteroatoms. The normalized spacial score (nSPS) is 22.7. The Morgan fingerprint density at radius 3 is 3.05 bits per heavy atom. The van der Waals surface area contributed by atoms with Crippen LogP contribution in [0.5, 0.6) is 5.75 Å². The average Bonchev–Trinajstić information content (AvgIpc) is 2.86. The van der Waals surface area contributed by atoms with Crippen molar-refractivity contribution >= 4 is 15.9 Å². The molecular formula is C15H22BrNO2. The van der Waals surface area contributed by atoms with Gasteiger partial charge in [-0.1, -0.05) is 22.9 Å². The van der Waals surface area contributed by atoms with Crippen LogP contribution in [0.1, 0.15) is 25.3 Å². The van der Waals surface area contributed by atoms with Gasteiger partial charge in [0.2, 0.25) is 0 Å². The molecule has 1 saturated heterocycles. The van der Waals surface area contributed by atoms with E-state index in [4.69, 9.17) is 9.47 Å². The molecule has 1 heterocycles. The molecule has 2 unspecified atom stereocenters. The summed E-state index contributed by atoms with van der Waals surface area (Å²) < 4.78 is 12.2. The van der Waals surface area contributed by atoms with Crippen molar-refractivity contribution in [3.63, 3.8) is 0 Å². The SMILES string of the molecule is CCC1OCCC1CNCc1cc(Br)ccc1OC. The van der Waals surface area contributed by atoms with Gasteiger partial charge >= 0.3 is 0 Å². The Balaban J connectivity index is 1.87. The van der Waals surface area contributed by atoms with Crippen molar-refractivity contribution in [2.45, 2.75) is 32.4 Å². The lowest BCUT2D eigenvalue weighted by molar-refractivity contribution is 0.0872. The highest BCUT2D eigenvalue weighted by atomic mass is 79.9. The zero-order valence-electron chi connectivity index (χ0n) is 11.6. The summed E-state index contributed by atoms with van der Waals surface area (Å²) in [5.74, 6) is 1.58. The van der Waals surface area contributed by atoms with Crippen LogP contribution in [-0.2, 0) is 11.3 Å². The number of benzene rings is 1. The molecule has 1 N–H and O–H groups in total. The summed E-state index contributed by atoms with van der Waals surface area (Å²) in [7, 11) is 1.71. The molecule has 3 nitrogen and oxygen atoms in total. The molecule has 19 heavy (non-hydrogen) atoms. The molecule has 0 bridgehead atoms. The van der Waals surface area contributed by atoms with Crippen molar-refractivity contribution in [1.29, 1.82) is 0 Å². The lowest BCUT2D eigenvalue weighted by Gasteiger charge is -2.18. The second kappa shape index (κ2) is 7.27. The maximum absolute atomic E-state index is 5.71. The van der Waals surface area contributed by atoms with Crippen LogP contribution in [0.4, 0.5) is 0 Å². The van der Waals surface area contributed by atoms with Crippen LogP contribution in [0.3, 0.4) is 0 Å². The van der Waals surface area contributed by atoms with Crippen LogP contribution in [0, 0.1) is 5.92 Å². The van der Waals surface area contributed by atoms with Crippen LogP contribution < -0.4 is 10.1 Å². The minimum Gasteiger partial charge on any atom is -0.496 e. The first-order chi connectivity index (χ1) is 9.24. The monoisotopic (exact) mass is 327 g/mol. The molecule has 1 aliphatic heterocycles. The Bertz CT molecular complexity index is 411. The van der Waals surface area contributed by atoms with E-state index in [1.165, 1.54) is 12.0 Å². The van der Waals surface area contributed by atoms with Gasteiger partial charge in [-0.2, -0.15) is 0 Å². The summed E-state index contributed by atoms with van der Waals surface area (Å²) in [5.41, 5.74) is 1.18. The standard InChI is InChI=1S/C15H22BrNO2/c1-3-14-11(6-7-19-14)9-17-10-12-8-13(16)4-5-15(12)18-2/h4-5,8,11,14,17H,3,6-7,9-10H2,1-2H3. The lowest BCUT2D eigenvalue weighted by atomic mass is 9.99. The summed E-state index contributed by atoms with van der Waals surface area (Å²) in [5, 5.41) is 3.53. The maximum atomic E-state index is 5.71. The van der Waals surface area contributed by atoms with Gasteiger partial charge in [-0.15, -0.1) is 0 Å². The van der Waals surface area contributed by atoms with Crippen LogP contribution in [0.25, 0.3) is 0 Å². The van der Waals surface area contributed by atoms with E-state index >= 15 is 0 Å². The molecule has 0 aromatic heterocycles. The second-order valence-electron chi connectivity index (χ2n) is 4.95. The number of ether oxygens (including phenoxy) is 2. The van der Waals surface area contributed by atoms with Gasteiger partial charge in [0, 0.05) is 29.7 Å². The van der Waals surface area contributed by atoms with E-state index in [9.17, 15) is 0 Å². The van der Waals surface area contributed by atoms with E-state index in [1.54, 1.807) is 7.11 Å². The summed E-state index contributed by atoms with van der Waals surface area (Å²) in [6.07, 6.45) is 2.70. The Morgan fingerprint density at radius 1 is 1.47 bits per heavy atom. The third-order valence-corrected chi connectivity index (χ3v) is 4.21. The molecule has 1 fully saturated rings. The van der Waals surface area contributed by atoms with Gasteiger partial charge in [0.05, 0.1) is 13.2 Å². The van der Waals surface area contributed by atoms with Gasteiger partial charge in [-0.05, 0) is 37.0 Å². The molecule has 0 saturated carbocycles. The van der Waals surface area contributed by atoms with E-state index in [2.05, 4.69) is 34.2 Å². The highest BCUT2D eigenvalue weighted by Crippen LogP contribution is 2.24. The number of hydrogen-bond acceptors (Lipinski definition) is 3. The van der Waals surface area contributed by atoms with E-state index in [-0.39, 0.29) is 0 Å². The van der Waals surface area contributed by atoms with Crippen LogP contribution in [-0.4, -0.2) is 26.4 Å². The summed E-state index contributed by atoms with van der Waals surface area (Å²) >= 11 is 3.50. The highest BCUT2D eigenvalue weighted by Gasteiger charge is 2.26. The molecule has 2 atom stereocenters. The van der Waals surface area contributed by atoms with Gasteiger partial charge in [0.15, 0.2) is 0 Å². The Labute approximate surface area is 123 Å². The molecule has 1 aliphatic rings. The van der Waals surface area contributed by atoms with Crippen LogP contribution in [0.2, 0.25) is 0 Å². The molecule has 0 spiro atoms. The van der Waals surface area contributed by atoms with Gasteiger partial charge in [-0.3, -0.25) is 0 Å². The fourth-order valence-corrected chi connectivity index (χ4v) is 3.06. The number of hydrogen-bond donors (Lipinski definition) is 1. The third-order valence-electron chi connectivity index (χ3n) is 3.71. The first-order valence-corrected chi connectivity index (χ1v) is 7.68. The largest absolute Gasteiger partial charge is 0.496 e. The molecule has 0 amide bonds. The van der Waals surface area contributed by atoms with Crippen molar-refractivity contribution in [3.05, 3.63) is 28.2 Å². The number of methoxy groups -OCH3 is 1. The van der Waals surface area contributed by atoms with Gasteiger partial charge in [0.1, 0.15) is 5.75 Å². The Morgan fingerprint density at radius 2 is 2.32 bits per heavy atom. The van der Waals surface area contributed by atoms with Crippen molar-refractivity contribution in [1.82, 2.24) is 5.32 Å². The van der Waals surface area contributed by atoms with E-state index in [1.807, 2.05) is 12.1 Å². The average molecular weight is 328 g/mol. The van der Waals surface area contributed by atoms with Gasteiger partial charge in [0.25, 0.3) is 0 Å². The quantitative estimate of drug-likeness (QED) is 0.869. The highest BCUT2D eigenvalue weighted by molar-refractivity contribution is 9.10. The third kappa shape index (κ3) is 3.94. The van der Waals surface area contributed by atoms with Crippen LogP contribution in [0.15, 0.2) is 22.7 Å². The summed E-state index contributed by atoms with van der Waals surface area (Å²) in [6.45, 7) is 4.94. The first kappa shape index (κ1) is 14.8. The zero-order valence-corrected chi connectivity index (χ0v) is 13.2. The Kier molecular flexibility index (Phi) is 5.67. The van der Waals surface area contributed by atoms with Crippen molar-refractivity contribution in [2.24, 2.45) is 5.92 Å². The predicted octanol–water partition coefficient (Wildman–Crippen LogP) is 3.36. The maximum Gasteiger partial charge on any atom is 0.123 e. The number of halogens is 1. The van der Waals surface area contributed by atoms with Crippen molar-refractivity contribution in [2.75, 3.05) is 20.3 Å². The topological polar surface area (TPSA) is 30.5 Å². The van der Waals surface area contributed by atoms with E-state index in [0.29, 0.717) is 12.0 Å². The zero-order chi connectivity index (χ0) is 13.7. The van der Waals surface area contributed by atoms with Gasteiger partial charge in [-0.25, -0.2) is 0 Å². The summed E-state index contributed by atoms with van der Waals surface area (Å²) in [4.78, 5) is 0. The molecule has 106 valence electrons. The predicted molar refractivity (Wildman–Crippen MR) is 80.5 cm³/mol. The number of nitrogens with one attached hydrogen (secondary N) is 1. The molecule has 0 radical (unpaired) electrons. The van der Waals surface area contributed by atoms with Gasteiger partial charge < -0.3 is 14.8 Å². The van der Waals surface area contributed by atoms with Crippen molar-refractivity contribution in [3.8, 4) is 5.75 Å². The van der Waals surface area contributed by atoms with Crippen LogP contribution >= 0.6 is 15.9 Å². The van der Waals surface area contributed by atoms with E-state index in [0.717, 1.165) is 36.3 Å². The minimum absolute atomic E-state index is 0.428.